The Morgan fingerprint density at radius 2 is 1.92 bits per heavy atom. The van der Waals surface area contributed by atoms with E-state index < -0.39 is 28.5 Å². The summed E-state index contributed by atoms with van der Waals surface area (Å²) in [4.78, 5) is 30.8. The number of hydrogen-bond donors (Lipinski definition) is 2. The van der Waals surface area contributed by atoms with Crippen molar-refractivity contribution in [3.8, 4) is 11.3 Å². The van der Waals surface area contributed by atoms with Crippen molar-refractivity contribution in [2.24, 2.45) is 0 Å². The zero-order valence-electron chi connectivity index (χ0n) is 26.0. The minimum atomic E-state index is -4.64. The molecule has 2 fully saturated rings. The molecule has 2 aliphatic heterocycles. The summed E-state index contributed by atoms with van der Waals surface area (Å²) >= 11 is 7.12. The van der Waals surface area contributed by atoms with Gasteiger partial charge in [-0.05, 0) is 38.4 Å². The predicted molar refractivity (Wildman–Crippen MR) is 185 cm³/mol. The lowest BCUT2D eigenvalue weighted by molar-refractivity contribution is -0.138. The SMILES string of the molecule is COC[C@@H]1CN(c2ncnc(Nc3nc(-c4ccc(Cl)c(C(F)(F)F)c4)c(CN4CCC[C@H]4C)s3)c2F)CCN1CCC(=O)O.Cl.Cl.Cl. The Bertz CT molecular complexity index is 1520. The van der Waals surface area contributed by atoms with E-state index in [4.69, 9.17) is 21.4 Å². The molecule has 0 radical (unpaired) electrons. The van der Waals surface area contributed by atoms with Crippen molar-refractivity contribution in [2.45, 2.75) is 51.0 Å². The van der Waals surface area contributed by atoms with Gasteiger partial charge in [0.2, 0.25) is 5.82 Å². The van der Waals surface area contributed by atoms with Crippen LogP contribution in [0.1, 0.15) is 36.6 Å². The van der Waals surface area contributed by atoms with E-state index in [1.54, 1.807) is 12.0 Å². The third-order valence-electron chi connectivity index (χ3n) is 8.15. The molecule has 4 heterocycles. The van der Waals surface area contributed by atoms with Gasteiger partial charge >= 0.3 is 12.1 Å². The highest BCUT2D eigenvalue weighted by molar-refractivity contribution is 7.16. The number of alkyl halides is 3. The summed E-state index contributed by atoms with van der Waals surface area (Å²) in [6, 6.07) is 3.84. The van der Waals surface area contributed by atoms with Gasteiger partial charge in [0.15, 0.2) is 16.8 Å². The molecule has 2 saturated heterocycles. The van der Waals surface area contributed by atoms with Gasteiger partial charge in [-0.1, -0.05) is 29.0 Å². The topological polar surface area (TPSA) is 107 Å². The highest BCUT2D eigenvalue weighted by atomic mass is 35.5. The molecule has 0 aliphatic carbocycles. The first-order valence-electron chi connectivity index (χ1n) is 14.5. The number of ether oxygens (including phenoxy) is 1. The van der Waals surface area contributed by atoms with E-state index in [0.29, 0.717) is 51.1 Å². The minimum absolute atomic E-state index is 0. The quantitative estimate of drug-likeness (QED) is 0.197. The van der Waals surface area contributed by atoms with Crippen LogP contribution < -0.4 is 10.2 Å². The summed E-state index contributed by atoms with van der Waals surface area (Å²) in [5.74, 6) is -1.65. The fourth-order valence-electron chi connectivity index (χ4n) is 5.78. The van der Waals surface area contributed by atoms with E-state index in [0.717, 1.165) is 30.3 Å². The summed E-state index contributed by atoms with van der Waals surface area (Å²) in [5, 5.41) is 11.9. The molecule has 0 amide bonds. The molecule has 19 heteroatoms. The molecular formula is C29H37Cl4F4N7O3S. The molecule has 268 valence electrons. The largest absolute Gasteiger partial charge is 0.481 e. The van der Waals surface area contributed by atoms with E-state index in [2.05, 4.69) is 32.1 Å². The first-order valence-corrected chi connectivity index (χ1v) is 15.7. The van der Waals surface area contributed by atoms with Crippen LogP contribution in [-0.2, 0) is 22.3 Å². The first-order chi connectivity index (χ1) is 21.4. The molecule has 2 atom stereocenters. The van der Waals surface area contributed by atoms with Gasteiger partial charge in [0.1, 0.15) is 6.33 Å². The Labute approximate surface area is 303 Å². The van der Waals surface area contributed by atoms with E-state index in [1.165, 1.54) is 29.8 Å². The van der Waals surface area contributed by atoms with Crippen molar-refractivity contribution in [1.29, 1.82) is 0 Å². The second kappa shape index (κ2) is 18.1. The number of thiazole rings is 1. The third-order valence-corrected chi connectivity index (χ3v) is 9.44. The fourth-order valence-corrected chi connectivity index (χ4v) is 7.01. The molecule has 2 N–H and O–H groups in total. The van der Waals surface area contributed by atoms with Crippen LogP contribution in [0, 0.1) is 5.82 Å². The van der Waals surface area contributed by atoms with Gasteiger partial charge < -0.3 is 20.1 Å². The van der Waals surface area contributed by atoms with Crippen molar-refractivity contribution in [1.82, 2.24) is 24.8 Å². The van der Waals surface area contributed by atoms with Gasteiger partial charge in [-0.15, -0.1) is 37.2 Å². The van der Waals surface area contributed by atoms with E-state index in [9.17, 15) is 18.0 Å². The Morgan fingerprint density at radius 1 is 1.17 bits per heavy atom. The van der Waals surface area contributed by atoms with E-state index in [-0.39, 0.29) is 72.0 Å². The maximum Gasteiger partial charge on any atom is 0.417 e. The average molecular weight is 782 g/mol. The molecular weight excluding hydrogens is 744 g/mol. The van der Waals surface area contributed by atoms with E-state index >= 15 is 4.39 Å². The second-order valence-corrected chi connectivity index (χ2v) is 12.7. The monoisotopic (exact) mass is 779 g/mol. The van der Waals surface area contributed by atoms with Crippen LogP contribution in [-0.4, -0.2) is 94.4 Å². The summed E-state index contributed by atoms with van der Waals surface area (Å²) in [6.45, 7) is 5.37. The molecule has 3 aromatic rings. The number of nitrogens with zero attached hydrogens (tertiary/aromatic N) is 6. The van der Waals surface area contributed by atoms with Crippen molar-refractivity contribution in [3.63, 3.8) is 0 Å². The van der Waals surface area contributed by atoms with Crippen LogP contribution in [0.4, 0.5) is 34.3 Å². The number of likely N-dealkylation sites (tertiary alicyclic amines) is 1. The Hall–Kier alpha value is -2.24. The molecule has 5 rings (SSSR count). The Kier molecular flexibility index (Phi) is 15.8. The predicted octanol–water partition coefficient (Wildman–Crippen LogP) is 7.02. The van der Waals surface area contributed by atoms with Gasteiger partial charge in [-0.3, -0.25) is 14.6 Å². The standard InChI is InChI=1S/C29H34ClF4N7O3S.3ClH/c1-17-4-3-8-40(17)14-22-25(18-5-6-21(30)20(12-18)29(32,33)34)37-28(45-22)38-26-24(31)27(36-16-35-26)41-11-10-39(9-7-23(42)43)19(13-41)15-44-2;;;/h5-6,12,16-17,19H,3-4,7-11,13-15H2,1-2H3,(H,42,43)(H,35,36,37,38);3*1H/t17-,19+;;;/m1.../s1. The van der Waals surface area contributed by atoms with Crippen molar-refractivity contribution in [2.75, 3.05) is 56.7 Å². The number of piperazine rings is 1. The molecule has 2 aromatic heterocycles. The summed E-state index contributed by atoms with van der Waals surface area (Å²) in [7, 11) is 1.55. The van der Waals surface area contributed by atoms with Gasteiger partial charge in [-0.2, -0.15) is 17.6 Å². The number of aliphatic carboxylic acids is 1. The van der Waals surface area contributed by atoms with Crippen molar-refractivity contribution >= 4 is 82.9 Å². The van der Waals surface area contributed by atoms with Crippen molar-refractivity contribution < 1.29 is 32.2 Å². The number of methoxy groups -OCH3 is 1. The molecule has 0 bridgehead atoms. The molecule has 48 heavy (non-hydrogen) atoms. The van der Waals surface area contributed by atoms with Crippen LogP contribution in [0.3, 0.4) is 0 Å². The number of benzene rings is 1. The lowest BCUT2D eigenvalue weighted by Crippen LogP contribution is -2.55. The van der Waals surface area contributed by atoms with Gasteiger partial charge in [-0.25, -0.2) is 15.0 Å². The Morgan fingerprint density at radius 3 is 2.56 bits per heavy atom. The highest BCUT2D eigenvalue weighted by Gasteiger charge is 2.34. The van der Waals surface area contributed by atoms with Gasteiger partial charge in [0.05, 0.1) is 35.3 Å². The molecule has 0 saturated carbocycles. The van der Waals surface area contributed by atoms with Crippen LogP contribution in [0.2, 0.25) is 5.02 Å². The fraction of sp³-hybridized carbons (Fsp3) is 0.517. The lowest BCUT2D eigenvalue weighted by atomic mass is 10.1. The number of hydrogen-bond acceptors (Lipinski definition) is 10. The van der Waals surface area contributed by atoms with Crippen LogP contribution in [0.5, 0.6) is 0 Å². The second-order valence-electron chi connectivity index (χ2n) is 11.2. The number of carboxylic acid groups (broad SMARTS) is 1. The van der Waals surface area contributed by atoms with Crippen LogP contribution in [0.25, 0.3) is 11.3 Å². The number of halogens is 8. The minimum Gasteiger partial charge on any atom is -0.481 e. The summed E-state index contributed by atoms with van der Waals surface area (Å²) in [6.07, 6.45) is -1.38. The van der Waals surface area contributed by atoms with Crippen LogP contribution >= 0.6 is 60.2 Å². The highest BCUT2D eigenvalue weighted by Crippen LogP contribution is 2.40. The molecule has 10 nitrogen and oxygen atoms in total. The van der Waals surface area contributed by atoms with Gasteiger partial charge in [0, 0.05) is 56.3 Å². The normalized spacial score (nSPS) is 18.5. The smallest absolute Gasteiger partial charge is 0.417 e. The summed E-state index contributed by atoms with van der Waals surface area (Å²) < 4.78 is 62.3. The molecule has 2 aliphatic rings. The maximum absolute atomic E-state index is 15.9. The van der Waals surface area contributed by atoms with Crippen molar-refractivity contribution in [3.05, 3.63) is 45.8 Å². The third kappa shape index (κ3) is 9.93. The summed E-state index contributed by atoms with van der Waals surface area (Å²) in [5.41, 5.74) is -0.337. The molecule has 0 unspecified atom stereocenters. The number of carboxylic acids is 1. The lowest BCUT2D eigenvalue weighted by Gasteiger charge is -2.41. The number of aromatic nitrogens is 3. The van der Waals surface area contributed by atoms with Crippen LogP contribution in [0.15, 0.2) is 24.5 Å². The Balaban J connectivity index is 0.00000267. The number of carbonyl (C=O) groups is 1. The molecule has 1 aromatic carbocycles. The maximum atomic E-state index is 15.9. The van der Waals surface area contributed by atoms with E-state index in [1.807, 2.05) is 4.90 Å². The van der Waals surface area contributed by atoms with Gasteiger partial charge in [0.25, 0.3) is 0 Å². The first kappa shape index (κ1) is 41.9. The number of anilines is 3. The zero-order chi connectivity index (χ0) is 32.3. The average Bonchev–Trinajstić information content (AvgIpc) is 3.58. The number of rotatable bonds is 11. The number of nitrogens with one attached hydrogen (secondary N) is 1. The molecule has 0 spiro atoms. The zero-order valence-corrected chi connectivity index (χ0v) is 30.0.